The molecule has 5 heterocycles. The number of furan rings is 1. The van der Waals surface area contributed by atoms with E-state index in [9.17, 15) is 13.2 Å². The molecule has 0 bridgehead atoms. The van der Waals surface area contributed by atoms with Crippen LogP contribution < -0.4 is 5.32 Å². The first-order chi connectivity index (χ1) is 16.9. The van der Waals surface area contributed by atoms with E-state index >= 15 is 0 Å². The number of rotatable bonds is 7. The Morgan fingerprint density at radius 2 is 2.06 bits per heavy atom. The number of hydrogen-bond acceptors (Lipinski definition) is 7. The predicted molar refractivity (Wildman–Crippen MR) is 131 cm³/mol. The van der Waals surface area contributed by atoms with Crippen LogP contribution in [0.5, 0.6) is 0 Å². The van der Waals surface area contributed by atoms with Crippen LogP contribution in [0.15, 0.2) is 28.9 Å². The number of nitrogens with one attached hydrogen (secondary N) is 1. The summed E-state index contributed by atoms with van der Waals surface area (Å²) in [4.78, 5) is 20.9. The van der Waals surface area contributed by atoms with Crippen molar-refractivity contribution in [1.29, 1.82) is 0 Å². The van der Waals surface area contributed by atoms with E-state index in [4.69, 9.17) is 9.40 Å². The third-order valence-electron chi connectivity index (χ3n) is 7.56. The number of carbonyl (C=O) groups excluding carboxylic acids is 1. The Kier molecular flexibility index (Phi) is 5.68. The van der Waals surface area contributed by atoms with E-state index in [-0.39, 0.29) is 29.5 Å². The Labute approximate surface area is 204 Å². The number of nitrogens with zero attached hydrogens (tertiary/aromatic N) is 4. The van der Waals surface area contributed by atoms with E-state index in [0.717, 1.165) is 50.2 Å². The summed E-state index contributed by atoms with van der Waals surface area (Å²) in [5, 5.41) is 8.56. The molecule has 0 spiro atoms. The molecule has 3 aromatic rings. The molecule has 3 aliphatic rings. The minimum atomic E-state index is -3.07. The summed E-state index contributed by atoms with van der Waals surface area (Å²) in [5.74, 6) is 1.29. The maximum absolute atomic E-state index is 13.6. The van der Waals surface area contributed by atoms with Crippen molar-refractivity contribution >= 4 is 26.8 Å². The van der Waals surface area contributed by atoms with Crippen molar-refractivity contribution in [3.63, 3.8) is 0 Å². The molecule has 0 aromatic carbocycles. The van der Waals surface area contributed by atoms with Gasteiger partial charge in [-0.2, -0.15) is 5.10 Å². The molecule has 35 heavy (non-hydrogen) atoms. The number of hydrogen-bond donors (Lipinski definition) is 1. The van der Waals surface area contributed by atoms with Crippen molar-refractivity contribution in [2.75, 3.05) is 31.1 Å². The van der Waals surface area contributed by atoms with Gasteiger partial charge < -0.3 is 9.73 Å². The third-order valence-corrected chi connectivity index (χ3v) is 9.31. The summed E-state index contributed by atoms with van der Waals surface area (Å²) in [6, 6.07) is 5.51. The van der Waals surface area contributed by atoms with Crippen LogP contribution in [-0.2, 0) is 9.84 Å². The molecule has 0 radical (unpaired) electrons. The molecule has 1 aliphatic carbocycles. The first-order valence-electron chi connectivity index (χ1n) is 12.6. The first kappa shape index (κ1) is 22.7. The maximum atomic E-state index is 13.6. The van der Waals surface area contributed by atoms with E-state index in [1.165, 1.54) is 0 Å². The van der Waals surface area contributed by atoms with Crippen molar-refractivity contribution in [1.82, 2.24) is 25.0 Å². The van der Waals surface area contributed by atoms with Gasteiger partial charge in [-0.15, -0.1) is 0 Å². The van der Waals surface area contributed by atoms with Crippen LogP contribution in [0, 0.1) is 6.92 Å². The SMILES string of the molecule is Cc1nn([C@@H]2CCS(=O)(=O)C2)c2nc(C3CC3)cc(C(=O)NC[C@H](c3ccco3)N3CCCC3)c12. The highest BCUT2D eigenvalue weighted by molar-refractivity contribution is 7.91. The molecule has 2 aliphatic heterocycles. The molecule has 3 fully saturated rings. The van der Waals surface area contributed by atoms with Crippen molar-refractivity contribution in [2.24, 2.45) is 0 Å². The summed E-state index contributed by atoms with van der Waals surface area (Å²) < 4.78 is 31.7. The van der Waals surface area contributed by atoms with Gasteiger partial charge in [0.2, 0.25) is 0 Å². The molecule has 9 nitrogen and oxygen atoms in total. The lowest BCUT2D eigenvalue weighted by atomic mass is 10.1. The Bertz CT molecular complexity index is 1350. The first-order valence-corrected chi connectivity index (χ1v) is 14.4. The highest BCUT2D eigenvalue weighted by atomic mass is 32.2. The fourth-order valence-corrected chi connectivity index (χ4v) is 7.24. The number of amides is 1. The van der Waals surface area contributed by atoms with Crippen LogP contribution in [0.3, 0.4) is 0 Å². The smallest absolute Gasteiger partial charge is 0.252 e. The fourth-order valence-electron chi connectivity index (χ4n) is 5.55. The van der Waals surface area contributed by atoms with E-state index in [1.54, 1.807) is 10.9 Å². The van der Waals surface area contributed by atoms with Crippen molar-refractivity contribution in [3.05, 3.63) is 47.2 Å². The standard InChI is InChI=1S/C25H31N5O4S/c1-16-23-19(25(31)26-14-21(22-5-4-11-34-22)29-9-2-3-10-29)13-20(17-6-7-17)27-24(23)30(28-16)18-8-12-35(32,33)15-18/h4-5,11,13,17-18,21H,2-3,6-10,12,14-15H2,1H3,(H,26,31)/t18-,21-/m1/s1. The zero-order valence-corrected chi connectivity index (χ0v) is 20.8. The van der Waals surface area contributed by atoms with E-state index in [1.807, 2.05) is 25.1 Å². The van der Waals surface area contributed by atoms with Crippen LogP contribution in [0.25, 0.3) is 11.0 Å². The quantitative estimate of drug-likeness (QED) is 0.534. The normalized spacial score (nSPS) is 23.2. The second kappa shape index (κ2) is 8.74. The van der Waals surface area contributed by atoms with Gasteiger partial charge in [0.1, 0.15) is 5.76 Å². The van der Waals surface area contributed by atoms with Crippen molar-refractivity contribution in [2.45, 2.75) is 57.0 Å². The van der Waals surface area contributed by atoms with Crippen molar-refractivity contribution in [3.8, 4) is 0 Å². The molecule has 1 amide bonds. The second-order valence-corrected chi connectivity index (χ2v) is 12.4. The lowest BCUT2D eigenvalue weighted by Crippen LogP contribution is -2.36. The molecule has 186 valence electrons. The molecule has 1 saturated carbocycles. The number of aromatic nitrogens is 3. The molecule has 0 unspecified atom stereocenters. The van der Waals surface area contributed by atoms with Gasteiger partial charge in [-0.05, 0) is 70.3 Å². The largest absolute Gasteiger partial charge is 0.468 e. The summed E-state index contributed by atoms with van der Waals surface area (Å²) in [6.45, 7) is 4.29. The summed E-state index contributed by atoms with van der Waals surface area (Å²) in [6.07, 6.45) is 6.61. The number of likely N-dealkylation sites (tertiary alicyclic amines) is 1. The Morgan fingerprint density at radius 3 is 2.71 bits per heavy atom. The summed E-state index contributed by atoms with van der Waals surface area (Å²) >= 11 is 0. The van der Waals surface area contributed by atoms with Crippen LogP contribution in [-0.4, -0.2) is 65.1 Å². The minimum absolute atomic E-state index is 0.0100. The van der Waals surface area contributed by atoms with Gasteiger partial charge in [-0.25, -0.2) is 18.1 Å². The number of fused-ring (bicyclic) bond motifs is 1. The summed E-state index contributed by atoms with van der Waals surface area (Å²) in [5.41, 5.74) is 2.79. The van der Waals surface area contributed by atoms with E-state index < -0.39 is 9.84 Å². The van der Waals surface area contributed by atoms with Crippen LogP contribution in [0.4, 0.5) is 0 Å². The topological polar surface area (TPSA) is 110 Å². The van der Waals surface area contributed by atoms with Gasteiger partial charge >= 0.3 is 0 Å². The van der Waals surface area contributed by atoms with Gasteiger partial charge in [0.05, 0.1) is 46.5 Å². The third kappa shape index (κ3) is 4.38. The predicted octanol–water partition coefficient (Wildman–Crippen LogP) is 3.14. The minimum Gasteiger partial charge on any atom is -0.468 e. The van der Waals surface area contributed by atoms with Gasteiger partial charge in [0.15, 0.2) is 15.5 Å². The van der Waals surface area contributed by atoms with Gasteiger partial charge in [-0.1, -0.05) is 0 Å². The molecule has 3 aromatic heterocycles. The van der Waals surface area contributed by atoms with Gasteiger partial charge in [0, 0.05) is 18.2 Å². The molecule has 10 heteroatoms. The molecule has 2 saturated heterocycles. The van der Waals surface area contributed by atoms with Crippen LogP contribution in [0.1, 0.15) is 77.6 Å². The van der Waals surface area contributed by atoms with Gasteiger partial charge in [0.25, 0.3) is 5.91 Å². The zero-order valence-electron chi connectivity index (χ0n) is 19.9. The van der Waals surface area contributed by atoms with Gasteiger partial charge in [-0.3, -0.25) is 9.69 Å². The molecular formula is C25H31N5O4S. The molecular weight excluding hydrogens is 466 g/mol. The van der Waals surface area contributed by atoms with Crippen molar-refractivity contribution < 1.29 is 17.6 Å². The monoisotopic (exact) mass is 497 g/mol. The fraction of sp³-hybridized carbons (Fsp3) is 0.560. The highest BCUT2D eigenvalue weighted by Gasteiger charge is 2.34. The van der Waals surface area contributed by atoms with E-state index in [0.29, 0.717) is 41.2 Å². The lowest BCUT2D eigenvalue weighted by molar-refractivity contribution is 0.0935. The average molecular weight is 498 g/mol. The molecule has 6 rings (SSSR count). The highest BCUT2D eigenvalue weighted by Crippen LogP contribution is 2.41. The number of aryl methyl sites for hydroxylation is 1. The molecule has 1 N–H and O–H groups in total. The Hall–Kier alpha value is -2.72. The number of pyridine rings is 1. The van der Waals surface area contributed by atoms with E-state index in [2.05, 4.69) is 15.3 Å². The van der Waals surface area contributed by atoms with Crippen LogP contribution in [0.2, 0.25) is 0 Å². The lowest BCUT2D eigenvalue weighted by Gasteiger charge is -2.26. The van der Waals surface area contributed by atoms with Crippen LogP contribution >= 0.6 is 0 Å². The Morgan fingerprint density at radius 1 is 1.26 bits per heavy atom. The maximum Gasteiger partial charge on any atom is 0.252 e. The average Bonchev–Trinajstić information content (AvgIpc) is 3.22. The molecule has 2 atom stereocenters. The second-order valence-electron chi connectivity index (χ2n) is 10.1. The zero-order chi connectivity index (χ0) is 24.2. The number of carbonyl (C=O) groups is 1. The summed E-state index contributed by atoms with van der Waals surface area (Å²) in [7, 11) is -3.07. The Balaban J connectivity index is 1.33. The number of sulfone groups is 1.